The van der Waals surface area contributed by atoms with Crippen molar-refractivity contribution in [3.63, 3.8) is 0 Å². The summed E-state index contributed by atoms with van der Waals surface area (Å²) >= 11 is 0. The lowest BCUT2D eigenvalue weighted by molar-refractivity contribution is -0.149. The van der Waals surface area contributed by atoms with Crippen molar-refractivity contribution < 1.29 is 28.7 Å². The highest BCUT2D eigenvalue weighted by Crippen LogP contribution is 2.70. The fourth-order valence-corrected chi connectivity index (χ4v) is 8.87. The molecule has 8 atom stereocenters. The molecular weight excluding hydrogens is 448 g/mol. The van der Waals surface area contributed by atoms with Crippen LogP contribution in [0.5, 0.6) is 0 Å². The monoisotopic (exact) mass is 486 g/mol. The number of methoxy groups -OCH3 is 1. The van der Waals surface area contributed by atoms with Crippen LogP contribution in [0.1, 0.15) is 72.6 Å². The number of ether oxygens (including phenoxy) is 2. The fourth-order valence-electron chi connectivity index (χ4n) is 8.87. The number of esters is 2. The summed E-state index contributed by atoms with van der Waals surface area (Å²) in [5.74, 6) is 0.550. The molecule has 8 nitrogen and oxygen atoms in total. The van der Waals surface area contributed by atoms with Crippen LogP contribution in [0.3, 0.4) is 0 Å². The maximum absolute atomic E-state index is 12.7. The van der Waals surface area contributed by atoms with Crippen molar-refractivity contribution in [1.82, 2.24) is 0 Å². The van der Waals surface area contributed by atoms with Crippen LogP contribution in [0.25, 0.3) is 0 Å². The van der Waals surface area contributed by atoms with Gasteiger partial charge in [-0.2, -0.15) is 0 Å². The molecule has 0 saturated heterocycles. The summed E-state index contributed by atoms with van der Waals surface area (Å²) in [4.78, 5) is 35.7. The second-order valence-corrected chi connectivity index (χ2v) is 11.6. The second-order valence-electron chi connectivity index (χ2n) is 11.6. The first-order valence-corrected chi connectivity index (χ1v) is 12.9. The zero-order valence-electron chi connectivity index (χ0n) is 21.8. The Morgan fingerprint density at radius 3 is 2.60 bits per heavy atom. The zero-order valence-corrected chi connectivity index (χ0v) is 21.8. The van der Waals surface area contributed by atoms with E-state index in [1.807, 2.05) is 6.92 Å². The number of rotatable bonds is 4. The van der Waals surface area contributed by atoms with Crippen LogP contribution in [-0.4, -0.2) is 49.3 Å². The molecule has 0 spiro atoms. The lowest BCUT2D eigenvalue weighted by atomic mass is 9.46. The van der Waals surface area contributed by atoms with E-state index in [0.29, 0.717) is 23.5 Å². The topological polar surface area (TPSA) is 95.8 Å². The third-order valence-electron chi connectivity index (χ3n) is 10.4. The van der Waals surface area contributed by atoms with Crippen molar-refractivity contribution in [2.45, 2.75) is 84.3 Å². The summed E-state index contributed by atoms with van der Waals surface area (Å²) in [5, 5.41) is 8.59. The molecule has 0 bridgehead atoms. The standard InChI is InChI=1S/C27H38N2O6/c1-15(28-33-6)27-22(23(29-35-27)24(31)32-5)14-21-19-8-7-17-13-18(34-16(2)30)9-11-25(17,3)20(19)10-12-26(21,27)4/h7,18-22H,8-14H2,1-6H3/b28-15-/t18-,19-,20+,21-,22-,25-,26-,27-/m0/s1. The molecule has 5 aliphatic rings. The molecular formula is C27H38N2O6. The van der Waals surface area contributed by atoms with E-state index in [0.717, 1.165) is 50.7 Å². The first-order chi connectivity index (χ1) is 16.6. The van der Waals surface area contributed by atoms with E-state index in [1.165, 1.54) is 26.7 Å². The molecule has 0 unspecified atom stereocenters. The van der Waals surface area contributed by atoms with Crippen LogP contribution in [0.15, 0.2) is 22.0 Å². The molecule has 5 rings (SSSR count). The van der Waals surface area contributed by atoms with Crippen LogP contribution in [-0.2, 0) is 28.7 Å². The summed E-state index contributed by atoms with van der Waals surface area (Å²) < 4.78 is 10.7. The molecule has 0 N–H and O–H groups in total. The maximum atomic E-state index is 12.7. The first-order valence-electron chi connectivity index (χ1n) is 12.9. The number of hydrogen-bond donors (Lipinski definition) is 0. The Morgan fingerprint density at radius 1 is 1.14 bits per heavy atom. The predicted octanol–water partition coefficient (Wildman–Crippen LogP) is 4.43. The van der Waals surface area contributed by atoms with Gasteiger partial charge in [0.2, 0.25) is 0 Å². The van der Waals surface area contributed by atoms with Crippen molar-refractivity contribution in [2.75, 3.05) is 14.2 Å². The fraction of sp³-hybridized carbons (Fsp3) is 0.778. The lowest BCUT2D eigenvalue weighted by Crippen LogP contribution is -2.59. The molecule has 4 aliphatic carbocycles. The van der Waals surface area contributed by atoms with Gasteiger partial charge >= 0.3 is 11.9 Å². The van der Waals surface area contributed by atoms with E-state index in [1.54, 1.807) is 0 Å². The van der Waals surface area contributed by atoms with Crippen molar-refractivity contribution in [3.05, 3.63) is 11.6 Å². The molecule has 3 fully saturated rings. The van der Waals surface area contributed by atoms with Crippen LogP contribution < -0.4 is 0 Å². The normalized spacial score (nSPS) is 43.9. The number of fused-ring (bicyclic) bond motifs is 7. The van der Waals surface area contributed by atoms with E-state index in [4.69, 9.17) is 19.1 Å². The Morgan fingerprint density at radius 2 is 1.91 bits per heavy atom. The minimum Gasteiger partial charge on any atom is -0.464 e. The van der Waals surface area contributed by atoms with E-state index < -0.39 is 11.6 Å². The highest BCUT2D eigenvalue weighted by atomic mass is 16.7. The lowest BCUT2D eigenvalue weighted by Gasteiger charge is -2.58. The average Bonchev–Trinajstić information content (AvgIpc) is 3.32. The summed E-state index contributed by atoms with van der Waals surface area (Å²) in [7, 11) is 2.93. The third-order valence-corrected chi connectivity index (χ3v) is 10.4. The van der Waals surface area contributed by atoms with Gasteiger partial charge < -0.3 is 19.1 Å². The summed E-state index contributed by atoms with van der Waals surface area (Å²) in [5.41, 5.74) is 1.63. The molecule has 3 saturated carbocycles. The molecule has 192 valence electrons. The van der Waals surface area contributed by atoms with Gasteiger partial charge in [-0.25, -0.2) is 4.79 Å². The van der Waals surface area contributed by atoms with Gasteiger partial charge in [0, 0.05) is 18.8 Å². The molecule has 0 aromatic heterocycles. The Balaban J connectivity index is 1.51. The summed E-state index contributed by atoms with van der Waals surface area (Å²) in [6.45, 7) is 8.15. The number of carbonyl (C=O) groups excluding carboxylic acids is 2. The Kier molecular flexibility index (Phi) is 5.80. The van der Waals surface area contributed by atoms with Gasteiger partial charge in [-0.1, -0.05) is 35.8 Å². The van der Waals surface area contributed by atoms with Gasteiger partial charge in [-0.3, -0.25) is 4.79 Å². The Hall–Kier alpha value is -2.38. The molecule has 35 heavy (non-hydrogen) atoms. The number of carbonyl (C=O) groups is 2. The quantitative estimate of drug-likeness (QED) is 0.253. The van der Waals surface area contributed by atoms with Gasteiger partial charge in [-0.05, 0) is 68.6 Å². The number of nitrogens with zero attached hydrogens (tertiary/aromatic N) is 2. The molecule has 0 amide bonds. The number of hydrogen-bond acceptors (Lipinski definition) is 8. The Labute approximate surface area is 207 Å². The van der Waals surface area contributed by atoms with Crippen LogP contribution >= 0.6 is 0 Å². The molecule has 0 radical (unpaired) electrons. The highest BCUT2D eigenvalue weighted by Gasteiger charge is 2.74. The minimum absolute atomic E-state index is 0.00790. The van der Waals surface area contributed by atoms with Crippen molar-refractivity contribution >= 4 is 23.4 Å². The van der Waals surface area contributed by atoms with Crippen molar-refractivity contribution in [2.24, 2.45) is 44.8 Å². The van der Waals surface area contributed by atoms with Gasteiger partial charge in [0.1, 0.15) is 18.9 Å². The third kappa shape index (κ3) is 3.23. The smallest absolute Gasteiger partial charge is 0.356 e. The summed E-state index contributed by atoms with van der Waals surface area (Å²) in [6.07, 6.45) is 9.06. The van der Waals surface area contributed by atoms with E-state index in [9.17, 15) is 9.59 Å². The van der Waals surface area contributed by atoms with Gasteiger partial charge in [0.05, 0.1) is 13.0 Å². The van der Waals surface area contributed by atoms with Crippen molar-refractivity contribution in [3.8, 4) is 0 Å². The second kappa shape index (κ2) is 8.34. The molecule has 8 heteroatoms. The summed E-state index contributed by atoms with van der Waals surface area (Å²) in [6, 6.07) is 0. The molecule has 0 aromatic rings. The zero-order chi connectivity index (χ0) is 25.2. The van der Waals surface area contributed by atoms with Gasteiger partial charge in [0.25, 0.3) is 0 Å². The highest BCUT2D eigenvalue weighted by molar-refractivity contribution is 6.38. The molecule has 0 aromatic carbocycles. The largest absolute Gasteiger partial charge is 0.464 e. The number of oxime groups is 2. The molecule has 1 aliphatic heterocycles. The van der Waals surface area contributed by atoms with Crippen LogP contribution in [0, 0.1) is 34.5 Å². The number of allylic oxidation sites excluding steroid dienone is 1. The van der Waals surface area contributed by atoms with E-state index in [-0.39, 0.29) is 28.8 Å². The van der Waals surface area contributed by atoms with Crippen LogP contribution in [0.4, 0.5) is 0 Å². The minimum atomic E-state index is -0.806. The van der Waals surface area contributed by atoms with E-state index >= 15 is 0 Å². The first kappa shape index (κ1) is 24.3. The van der Waals surface area contributed by atoms with Gasteiger partial charge in [0.15, 0.2) is 11.3 Å². The maximum Gasteiger partial charge on any atom is 0.356 e. The Bertz CT molecular complexity index is 1020. The SMILES string of the molecule is CO/N=C(/C)[C@]12ON=C(C(=O)OC)[C@@H]1C[C@H]1[C@H]3CC=C4C[C@@H](OC(C)=O)CC[C@]4(C)[C@@H]3CC[C@@]12C. The van der Waals surface area contributed by atoms with E-state index in [2.05, 4.69) is 30.2 Å². The molecule has 1 heterocycles. The predicted molar refractivity (Wildman–Crippen MR) is 130 cm³/mol. The van der Waals surface area contributed by atoms with Crippen LogP contribution in [0.2, 0.25) is 0 Å². The van der Waals surface area contributed by atoms with Crippen molar-refractivity contribution in [1.29, 1.82) is 0 Å². The average molecular weight is 487 g/mol. The van der Waals surface area contributed by atoms with Gasteiger partial charge in [-0.15, -0.1) is 0 Å².